The smallest absolute Gasteiger partial charge is 0.246 e. The van der Waals surface area contributed by atoms with Crippen molar-refractivity contribution < 1.29 is 9.59 Å². The number of carbonyl (C=O) groups is 2. The molecule has 0 saturated carbocycles. The molecule has 2 amide bonds. The van der Waals surface area contributed by atoms with E-state index in [4.69, 9.17) is 0 Å². The van der Waals surface area contributed by atoms with Crippen LogP contribution in [-0.4, -0.2) is 36.3 Å². The number of allylic oxidation sites excluding steroid dienone is 1. The number of amides is 2. The lowest BCUT2D eigenvalue weighted by molar-refractivity contribution is -0.133. The van der Waals surface area contributed by atoms with Crippen LogP contribution in [0.25, 0.3) is 0 Å². The second kappa shape index (κ2) is 9.26. The second-order valence-corrected chi connectivity index (χ2v) is 6.27. The van der Waals surface area contributed by atoms with Crippen LogP contribution < -0.4 is 4.90 Å². The molecule has 0 heterocycles. The molecule has 0 bridgehead atoms. The van der Waals surface area contributed by atoms with Crippen molar-refractivity contribution in [3.63, 3.8) is 0 Å². The number of likely N-dealkylation sites (N-methyl/N-ethyl adjacent to an activating group) is 1. The summed E-state index contributed by atoms with van der Waals surface area (Å²) < 4.78 is 0. The van der Waals surface area contributed by atoms with Gasteiger partial charge in [0.2, 0.25) is 11.8 Å². The summed E-state index contributed by atoms with van der Waals surface area (Å²) in [5, 5.41) is 0. The van der Waals surface area contributed by atoms with E-state index >= 15 is 0 Å². The lowest BCUT2D eigenvalue weighted by Gasteiger charge is -2.27. The highest BCUT2D eigenvalue weighted by Crippen LogP contribution is 2.20. The van der Waals surface area contributed by atoms with Gasteiger partial charge in [-0.1, -0.05) is 29.8 Å². The zero-order valence-corrected chi connectivity index (χ0v) is 14.8. The van der Waals surface area contributed by atoms with Gasteiger partial charge < -0.3 is 9.80 Å². The summed E-state index contributed by atoms with van der Waals surface area (Å²) in [7, 11) is 0. The first-order chi connectivity index (χ1) is 11.6. The number of carbonyl (C=O) groups excluding carboxylic acids is 2. The average Bonchev–Trinajstić information content (AvgIpc) is 2.61. The Morgan fingerprint density at radius 3 is 2.46 bits per heavy atom. The lowest BCUT2D eigenvalue weighted by atomic mass is 9.97. The molecule has 0 saturated heterocycles. The van der Waals surface area contributed by atoms with Crippen LogP contribution in [-0.2, 0) is 9.59 Å². The average molecular weight is 328 g/mol. The van der Waals surface area contributed by atoms with Gasteiger partial charge >= 0.3 is 0 Å². The molecule has 1 aromatic rings. The lowest BCUT2D eigenvalue weighted by Crippen LogP contribution is -2.42. The Labute approximate surface area is 145 Å². The largest absolute Gasteiger partial charge is 0.333 e. The van der Waals surface area contributed by atoms with Gasteiger partial charge in [-0.25, -0.2) is 0 Å². The molecule has 2 rings (SSSR count). The van der Waals surface area contributed by atoms with Gasteiger partial charge in [0, 0.05) is 25.7 Å². The minimum atomic E-state index is -0.0381. The third-order valence-corrected chi connectivity index (χ3v) is 4.54. The number of nitrogens with zero attached hydrogens (tertiary/aromatic N) is 2. The molecule has 0 atom stereocenters. The van der Waals surface area contributed by atoms with Crippen molar-refractivity contribution >= 4 is 17.5 Å². The summed E-state index contributed by atoms with van der Waals surface area (Å²) in [4.78, 5) is 28.0. The van der Waals surface area contributed by atoms with E-state index in [1.54, 1.807) is 16.7 Å². The Morgan fingerprint density at radius 2 is 1.88 bits per heavy atom. The molecule has 1 aromatic carbocycles. The fourth-order valence-corrected chi connectivity index (χ4v) is 3.12. The summed E-state index contributed by atoms with van der Waals surface area (Å²) in [6, 6.07) is 9.62. The van der Waals surface area contributed by atoms with E-state index in [1.807, 2.05) is 37.3 Å². The Bertz CT molecular complexity index is 581. The summed E-state index contributed by atoms with van der Waals surface area (Å²) in [6.45, 7) is 4.86. The van der Waals surface area contributed by atoms with Crippen molar-refractivity contribution in [1.82, 2.24) is 4.90 Å². The number of anilines is 1. The topological polar surface area (TPSA) is 40.6 Å². The zero-order chi connectivity index (χ0) is 17.4. The van der Waals surface area contributed by atoms with E-state index in [0.717, 1.165) is 24.9 Å². The van der Waals surface area contributed by atoms with Gasteiger partial charge in [-0.3, -0.25) is 9.59 Å². The maximum Gasteiger partial charge on any atom is 0.246 e. The van der Waals surface area contributed by atoms with Gasteiger partial charge in [-0.15, -0.1) is 0 Å². The Balaban J connectivity index is 1.96. The second-order valence-electron chi connectivity index (χ2n) is 6.27. The molecule has 0 radical (unpaired) electrons. The summed E-state index contributed by atoms with van der Waals surface area (Å²) >= 11 is 0. The highest BCUT2D eigenvalue weighted by molar-refractivity contribution is 5.96. The maximum atomic E-state index is 12.7. The van der Waals surface area contributed by atoms with Crippen molar-refractivity contribution in [1.29, 1.82) is 0 Å². The molecule has 1 aliphatic rings. The minimum Gasteiger partial charge on any atom is -0.333 e. The van der Waals surface area contributed by atoms with Crippen LogP contribution in [0.4, 0.5) is 5.69 Å². The van der Waals surface area contributed by atoms with Crippen LogP contribution in [0.5, 0.6) is 0 Å². The van der Waals surface area contributed by atoms with Crippen molar-refractivity contribution in [3.8, 4) is 0 Å². The van der Waals surface area contributed by atoms with Crippen LogP contribution in [0, 0.1) is 0 Å². The highest BCUT2D eigenvalue weighted by Gasteiger charge is 2.19. The number of rotatable bonds is 7. The molecular formula is C20H28N2O2. The predicted octanol–water partition coefficient (Wildman–Crippen LogP) is 3.78. The van der Waals surface area contributed by atoms with Gasteiger partial charge in [0.25, 0.3) is 0 Å². The molecule has 130 valence electrons. The molecule has 4 heteroatoms. The normalized spacial score (nSPS) is 14.0. The van der Waals surface area contributed by atoms with Crippen LogP contribution in [0.15, 0.2) is 42.0 Å². The fraction of sp³-hybridized carbons (Fsp3) is 0.500. The van der Waals surface area contributed by atoms with E-state index in [9.17, 15) is 9.59 Å². The number of hydrogen-bond acceptors (Lipinski definition) is 2. The minimum absolute atomic E-state index is 0.0310. The molecule has 4 nitrogen and oxygen atoms in total. The van der Waals surface area contributed by atoms with Gasteiger partial charge in [-0.05, 0) is 51.2 Å². The highest BCUT2D eigenvalue weighted by atomic mass is 16.2. The fourth-order valence-electron chi connectivity index (χ4n) is 3.12. The first kappa shape index (κ1) is 18.2. The first-order valence-electron chi connectivity index (χ1n) is 8.90. The molecule has 0 fully saturated rings. The Morgan fingerprint density at radius 1 is 1.12 bits per heavy atom. The standard InChI is InChI=1S/C20H28N2O2/c1-3-22(19-12-8-5-9-13-19)20(24)16-21(17(2)23)15-14-18-10-6-4-7-11-18/h5,8-10,12-13H,3-4,6-7,11,14-16H2,1-2H3. The van der Waals surface area contributed by atoms with E-state index in [1.165, 1.54) is 18.4 Å². The summed E-state index contributed by atoms with van der Waals surface area (Å²) in [5.74, 6) is -0.0691. The number of hydrogen-bond donors (Lipinski definition) is 0. The van der Waals surface area contributed by atoms with Crippen molar-refractivity contribution in [2.45, 2.75) is 46.0 Å². The summed E-state index contributed by atoms with van der Waals surface area (Å²) in [5.41, 5.74) is 2.30. The van der Waals surface area contributed by atoms with Crippen LogP contribution in [0.2, 0.25) is 0 Å². The molecule has 0 spiro atoms. The molecule has 0 aliphatic heterocycles. The molecule has 0 aromatic heterocycles. The third-order valence-electron chi connectivity index (χ3n) is 4.54. The van der Waals surface area contributed by atoms with E-state index < -0.39 is 0 Å². The van der Waals surface area contributed by atoms with Gasteiger partial charge in [0.05, 0.1) is 0 Å². The monoisotopic (exact) mass is 328 g/mol. The van der Waals surface area contributed by atoms with Crippen molar-refractivity contribution in [2.24, 2.45) is 0 Å². The predicted molar refractivity (Wildman–Crippen MR) is 97.9 cm³/mol. The van der Waals surface area contributed by atoms with Crippen LogP contribution in [0.1, 0.15) is 46.0 Å². The number of para-hydroxylation sites is 1. The van der Waals surface area contributed by atoms with Gasteiger partial charge in [0.1, 0.15) is 6.54 Å². The van der Waals surface area contributed by atoms with E-state index in [-0.39, 0.29) is 18.4 Å². The van der Waals surface area contributed by atoms with Crippen LogP contribution >= 0.6 is 0 Å². The first-order valence-corrected chi connectivity index (χ1v) is 8.90. The third kappa shape index (κ3) is 5.22. The van der Waals surface area contributed by atoms with Crippen molar-refractivity contribution in [3.05, 3.63) is 42.0 Å². The summed E-state index contributed by atoms with van der Waals surface area (Å²) in [6.07, 6.45) is 7.95. The molecule has 0 N–H and O–H groups in total. The SMILES string of the molecule is CCN(C(=O)CN(CCC1=CCCCC1)C(C)=O)c1ccccc1. The van der Waals surface area contributed by atoms with Gasteiger partial charge in [0.15, 0.2) is 0 Å². The Hall–Kier alpha value is -2.10. The molecule has 1 aliphatic carbocycles. The van der Waals surface area contributed by atoms with Gasteiger partial charge in [-0.2, -0.15) is 0 Å². The molecule has 24 heavy (non-hydrogen) atoms. The Kier molecular flexibility index (Phi) is 7.04. The van der Waals surface area contributed by atoms with E-state index in [2.05, 4.69) is 6.08 Å². The number of benzene rings is 1. The van der Waals surface area contributed by atoms with Crippen LogP contribution in [0.3, 0.4) is 0 Å². The quantitative estimate of drug-likeness (QED) is 0.715. The zero-order valence-electron chi connectivity index (χ0n) is 14.8. The molecule has 0 unspecified atom stereocenters. The molecular weight excluding hydrogens is 300 g/mol. The maximum absolute atomic E-state index is 12.7. The van der Waals surface area contributed by atoms with Crippen molar-refractivity contribution in [2.75, 3.05) is 24.5 Å². The van der Waals surface area contributed by atoms with E-state index in [0.29, 0.717) is 13.1 Å².